The molecule has 0 aliphatic heterocycles. The van der Waals surface area contributed by atoms with Crippen LogP contribution in [0, 0.1) is 0 Å². The molecule has 6 nitrogen and oxygen atoms in total. The SMILES string of the molecule is CCN(C(=O)Nc1ccn(C(C)COC)n1)C1CC1. The number of anilines is 1. The molecule has 1 atom stereocenters. The lowest BCUT2D eigenvalue weighted by atomic mass is 10.4. The number of hydrogen-bond acceptors (Lipinski definition) is 3. The Bertz CT molecular complexity index is 428. The van der Waals surface area contributed by atoms with E-state index in [4.69, 9.17) is 4.74 Å². The van der Waals surface area contributed by atoms with Gasteiger partial charge >= 0.3 is 6.03 Å². The lowest BCUT2D eigenvalue weighted by Gasteiger charge is -2.20. The van der Waals surface area contributed by atoms with E-state index >= 15 is 0 Å². The highest BCUT2D eigenvalue weighted by Crippen LogP contribution is 2.27. The highest BCUT2D eigenvalue weighted by atomic mass is 16.5. The van der Waals surface area contributed by atoms with Crippen LogP contribution in [0.25, 0.3) is 0 Å². The lowest BCUT2D eigenvalue weighted by molar-refractivity contribution is 0.157. The van der Waals surface area contributed by atoms with Gasteiger partial charge in [0.2, 0.25) is 0 Å². The zero-order valence-corrected chi connectivity index (χ0v) is 11.8. The van der Waals surface area contributed by atoms with E-state index in [9.17, 15) is 4.79 Å². The number of carbonyl (C=O) groups is 1. The first-order valence-electron chi connectivity index (χ1n) is 6.77. The van der Waals surface area contributed by atoms with Gasteiger partial charge in [-0.25, -0.2) is 4.79 Å². The number of aromatic nitrogens is 2. The number of hydrogen-bond donors (Lipinski definition) is 1. The van der Waals surface area contributed by atoms with Crippen LogP contribution in [-0.2, 0) is 4.74 Å². The number of nitrogens with one attached hydrogen (secondary N) is 1. The topological polar surface area (TPSA) is 59.4 Å². The van der Waals surface area contributed by atoms with Gasteiger partial charge in [0.25, 0.3) is 0 Å². The van der Waals surface area contributed by atoms with E-state index in [1.54, 1.807) is 11.8 Å². The molecule has 1 aliphatic carbocycles. The average Bonchev–Trinajstić information content (AvgIpc) is 3.09. The molecule has 1 aromatic heterocycles. The molecule has 1 heterocycles. The van der Waals surface area contributed by atoms with Gasteiger partial charge in [-0.1, -0.05) is 0 Å². The van der Waals surface area contributed by atoms with Crippen molar-refractivity contribution in [3.8, 4) is 0 Å². The van der Waals surface area contributed by atoms with Gasteiger partial charge in [-0.2, -0.15) is 5.10 Å². The third-order valence-electron chi connectivity index (χ3n) is 3.29. The molecule has 2 amide bonds. The number of nitrogens with zero attached hydrogens (tertiary/aromatic N) is 3. The van der Waals surface area contributed by atoms with Crippen molar-refractivity contribution in [3.05, 3.63) is 12.3 Å². The zero-order chi connectivity index (χ0) is 13.8. The van der Waals surface area contributed by atoms with Gasteiger partial charge in [-0.05, 0) is 26.7 Å². The van der Waals surface area contributed by atoms with Crippen LogP contribution in [0.4, 0.5) is 10.6 Å². The number of urea groups is 1. The molecule has 0 bridgehead atoms. The van der Waals surface area contributed by atoms with E-state index < -0.39 is 0 Å². The average molecular weight is 266 g/mol. The molecule has 19 heavy (non-hydrogen) atoms. The maximum Gasteiger partial charge on any atom is 0.323 e. The van der Waals surface area contributed by atoms with Crippen LogP contribution < -0.4 is 5.32 Å². The van der Waals surface area contributed by atoms with Gasteiger partial charge in [0.05, 0.1) is 12.6 Å². The summed E-state index contributed by atoms with van der Waals surface area (Å²) >= 11 is 0. The van der Waals surface area contributed by atoms with E-state index in [1.165, 1.54) is 0 Å². The maximum atomic E-state index is 12.1. The van der Waals surface area contributed by atoms with Crippen LogP contribution in [-0.4, -0.2) is 47.0 Å². The Kier molecular flexibility index (Phi) is 4.42. The minimum Gasteiger partial charge on any atom is -0.382 e. The van der Waals surface area contributed by atoms with E-state index in [-0.39, 0.29) is 12.1 Å². The Balaban J connectivity index is 1.93. The minimum atomic E-state index is -0.0605. The largest absolute Gasteiger partial charge is 0.382 e. The van der Waals surface area contributed by atoms with E-state index in [2.05, 4.69) is 10.4 Å². The van der Waals surface area contributed by atoms with Crippen molar-refractivity contribution in [2.45, 2.75) is 38.8 Å². The van der Waals surface area contributed by atoms with Crippen LogP contribution in [0.5, 0.6) is 0 Å². The van der Waals surface area contributed by atoms with Gasteiger partial charge in [0, 0.05) is 32.0 Å². The predicted molar refractivity (Wildman–Crippen MR) is 73.2 cm³/mol. The third kappa shape index (κ3) is 3.47. The summed E-state index contributed by atoms with van der Waals surface area (Å²) in [6, 6.07) is 2.32. The smallest absolute Gasteiger partial charge is 0.323 e. The van der Waals surface area contributed by atoms with Crippen molar-refractivity contribution in [1.29, 1.82) is 0 Å². The molecule has 1 saturated carbocycles. The van der Waals surface area contributed by atoms with Crippen molar-refractivity contribution in [2.24, 2.45) is 0 Å². The van der Waals surface area contributed by atoms with Crippen LogP contribution in [0.1, 0.15) is 32.7 Å². The molecule has 1 aromatic rings. The predicted octanol–water partition coefficient (Wildman–Crippen LogP) is 2.11. The first-order valence-corrected chi connectivity index (χ1v) is 6.77. The number of rotatable bonds is 6. The summed E-state index contributed by atoms with van der Waals surface area (Å²) in [6.45, 7) is 5.34. The van der Waals surface area contributed by atoms with Crippen molar-refractivity contribution < 1.29 is 9.53 Å². The zero-order valence-electron chi connectivity index (χ0n) is 11.8. The standard InChI is InChI=1S/C13H22N4O2/c1-4-16(11-5-6-11)13(18)14-12-7-8-17(15-12)10(2)9-19-3/h7-8,10-11H,4-6,9H2,1-3H3,(H,14,15,18). The quantitative estimate of drug-likeness (QED) is 0.858. The van der Waals surface area contributed by atoms with E-state index in [0.29, 0.717) is 18.5 Å². The molecule has 1 N–H and O–H groups in total. The highest BCUT2D eigenvalue weighted by Gasteiger charge is 2.31. The molecule has 106 valence electrons. The van der Waals surface area contributed by atoms with Gasteiger partial charge in [0.15, 0.2) is 5.82 Å². The van der Waals surface area contributed by atoms with Crippen LogP contribution in [0.3, 0.4) is 0 Å². The number of ether oxygens (including phenoxy) is 1. The summed E-state index contributed by atoms with van der Waals surface area (Å²) in [7, 11) is 1.66. The Morgan fingerprint density at radius 1 is 1.68 bits per heavy atom. The molecule has 1 aliphatic rings. The second-order valence-corrected chi connectivity index (χ2v) is 4.93. The summed E-state index contributed by atoms with van der Waals surface area (Å²) in [6.07, 6.45) is 4.08. The molecule has 1 unspecified atom stereocenters. The summed E-state index contributed by atoms with van der Waals surface area (Å²) in [4.78, 5) is 13.9. The molecule has 6 heteroatoms. The van der Waals surface area contributed by atoms with Gasteiger partial charge in [0.1, 0.15) is 0 Å². The van der Waals surface area contributed by atoms with Crippen molar-refractivity contribution in [1.82, 2.24) is 14.7 Å². The minimum absolute atomic E-state index is 0.0605. The van der Waals surface area contributed by atoms with E-state index in [0.717, 1.165) is 19.4 Å². The Morgan fingerprint density at radius 2 is 2.42 bits per heavy atom. The highest BCUT2D eigenvalue weighted by molar-refractivity contribution is 5.88. The Labute approximate surface area is 113 Å². The fourth-order valence-electron chi connectivity index (χ4n) is 2.10. The van der Waals surface area contributed by atoms with Crippen molar-refractivity contribution in [2.75, 3.05) is 25.6 Å². The molecule has 1 fully saturated rings. The fourth-order valence-corrected chi connectivity index (χ4v) is 2.10. The molecular formula is C13H22N4O2. The first kappa shape index (κ1) is 13.9. The summed E-state index contributed by atoms with van der Waals surface area (Å²) in [5, 5.41) is 7.19. The maximum absolute atomic E-state index is 12.1. The number of carbonyl (C=O) groups excluding carboxylic acids is 1. The summed E-state index contributed by atoms with van der Waals surface area (Å²) < 4.78 is 6.89. The van der Waals surface area contributed by atoms with Crippen molar-refractivity contribution in [3.63, 3.8) is 0 Å². The molecule has 0 saturated heterocycles. The monoisotopic (exact) mass is 266 g/mol. The molecule has 0 spiro atoms. The number of methoxy groups -OCH3 is 1. The van der Waals surface area contributed by atoms with Crippen LogP contribution in [0.2, 0.25) is 0 Å². The lowest BCUT2D eigenvalue weighted by Crippen LogP contribution is -2.36. The molecule has 0 radical (unpaired) electrons. The summed E-state index contributed by atoms with van der Waals surface area (Å²) in [5.74, 6) is 0.590. The van der Waals surface area contributed by atoms with Crippen LogP contribution in [0.15, 0.2) is 12.3 Å². The second kappa shape index (κ2) is 6.06. The van der Waals surface area contributed by atoms with E-state index in [1.807, 2.05) is 31.0 Å². The number of amides is 2. The van der Waals surface area contributed by atoms with Gasteiger partial charge in [-0.15, -0.1) is 0 Å². The first-order chi connectivity index (χ1) is 9.15. The van der Waals surface area contributed by atoms with Crippen LogP contribution >= 0.6 is 0 Å². The molecule has 2 rings (SSSR count). The molecule has 0 aromatic carbocycles. The molecular weight excluding hydrogens is 244 g/mol. The third-order valence-corrected chi connectivity index (χ3v) is 3.29. The fraction of sp³-hybridized carbons (Fsp3) is 0.692. The Hall–Kier alpha value is -1.56. The van der Waals surface area contributed by atoms with Gasteiger partial charge in [-0.3, -0.25) is 10.00 Å². The van der Waals surface area contributed by atoms with Gasteiger partial charge < -0.3 is 9.64 Å². The van der Waals surface area contributed by atoms with Crippen molar-refractivity contribution >= 4 is 11.8 Å². The Morgan fingerprint density at radius 3 is 3.00 bits per heavy atom. The summed E-state index contributed by atoms with van der Waals surface area (Å²) in [5.41, 5.74) is 0. The normalized spacial score (nSPS) is 16.2. The second-order valence-electron chi connectivity index (χ2n) is 4.93.